The van der Waals surface area contributed by atoms with Gasteiger partial charge in [0.1, 0.15) is 17.2 Å². The predicted molar refractivity (Wildman–Crippen MR) is 91.5 cm³/mol. The number of benzene rings is 1. The molecule has 8 heteroatoms. The first-order chi connectivity index (χ1) is 11.6. The van der Waals surface area contributed by atoms with Gasteiger partial charge in [0, 0.05) is 17.0 Å². The zero-order chi connectivity index (χ0) is 16.9. The molecule has 1 N–H and O–H groups in total. The van der Waals surface area contributed by atoms with Crippen LogP contribution in [-0.4, -0.2) is 28.3 Å². The number of nitrogens with zero attached hydrogens (tertiary/aromatic N) is 2. The second-order valence-corrected chi connectivity index (χ2v) is 6.95. The Hall–Kier alpha value is -2.32. The minimum absolute atomic E-state index is 0.0546. The summed E-state index contributed by atoms with van der Waals surface area (Å²) < 4.78 is 11.3. The van der Waals surface area contributed by atoms with Gasteiger partial charge in [-0.3, -0.25) is 4.79 Å². The van der Waals surface area contributed by atoms with Crippen LogP contribution in [0.2, 0.25) is 0 Å². The van der Waals surface area contributed by atoms with Gasteiger partial charge in [0.25, 0.3) is 0 Å². The Morgan fingerprint density at radius 3 is 2.88 bits per heavy atom. The Morgan fingerprint density at radius 2 is 2.17 bits per heavy atom. The van der Waals surface area contributed by atoms with Gasteiger partial charge in [-0.25, -0.2) is 4.98 Å². The van der Waals surface area contributed by atoms with Crippen molar-refractivity contribution >= 4 is 29.1 Å². The van der Waals surface area contributed by atoms with E-state index in [9.17, 15) is 4.79 Å². The molecule has 0 amide bonds. The first-order valence-electron chi connectivity index (χ1n) is 7.03. The van der Waals surface area contributed by atoms with E-state index in [1.807, 2.05) is 30.3 Å². The third-order valence-electron chi connectivity index (χ3n) is 3.15. The van der Waals surface area contributed by atoms with E-state index in [2.05, 4.69) is 10.1 Å². The Balaban J connectivity index is 1.61. The van der Waals surface area contributed by atoms with Crippen LogP contribution in [0.4, 0.5) is 0 Å². The van der Waals surface area contributed by atoms with Crippen LogP contribution < -0.4 is 4.74 Å². The molecule has 0 fully saturated rings. The summed E-state index contributed by atoms with van der Waals surface area (Å²) in [5.74, 6) is 1.24. The maximum atomic E-state index is 10.7. The van der Waals surface area contributed by atoms with Crippen molar-refractivity contribution in [1.29, 1.82) is 0 Å². The summed E-state index contributed by atoms with van der Waals surface area (Å²) in [6.07, 6.45) is -0.0546. The van der Waals surface area contributed by atoms with E-state index in [0.717, 1.165) is 27.1 Å². The second kappa shape index (κ2) is 7.50. The summed E-state index contributed by atoms with van der Waals surface area (Å²) >= 11 is 2.93. The first-order valence-corrected chi connectivity index (χ1v) is 8.89. The van der Waals surface area contributed by atoms with Gasteiger partial charge >= 0.3 is 5.97 Å². The molecule has 6 nitrogen and oxygen atoms in total. The predicted octanol–water partition coefficient (Wildman–Crippen LogP) is 3.73. The molecule has 3 rings (SSSR count). The highest BCUT2D eigenvalue weighted by Gasteiger charge is 2.10. The van der Waals surface area contributed by atoms with E-state index in [1.165, 1.54) is 23.1 Å². The molecule has 0 aliphatic carbocycles. The molecule has 124 valence electrons. The molecule has 0 atom stereocenters. The lowest BCUT2D eigenvalue weighted by Gasteiger charge is -1.99. The zero-order valence-electron chi connectivity index (χ0n) is 12.8. The molecular weight excluding hydrogens is 348 g/mol. The van der Waals surface area contributed by atoms with Gasteiger partial charge < -0.3 is 14.4 Å². The monoisotopic (exact) mass is 362 g/mol. The summed E-state index contributed by atoms with van der Waals surface area (Å²) in [7, 11) is 1.63. The third kappa shape index (κ3) is 4.15. The normalized spacial score (nSPS) is 10.7. The summed E-state index contributed by atoms with van der Waals surface area (Å²) in [6.45, 7) is 0. The molecule has 24 heavy (non-hydrogen) atoms. The van der Waals surface area contributed by atoms with Crippen LogP contribution in [0.3, 0.4) is 0 Å². The number of thiazole rings is 1. The molecule has 0 aliphatic heterocycles. The number of hydrogen-bond donors (Lipinski definition) is 1. The lowest BCUT2D eigenvalue weighted by atomic mass is 10.1. The van der Waals surface area contributed by atoms with Gasteiger partial charge in [-0.2, -0.15) is 0 Å². The highest BCUT2D eigenvalue weighted by atomic mass is 32.2. The molecule has 1 aromatic carbocycles. The van der Waals surface area contributed by atoms with Crippen molar-refractivity contribution in [2.24, 2.45) is 0 Å². The van der Waals surface area contributed by atoms with Crippen LogP contribution in [0.1, 0.15) is 11.5 Å². The Kier molecular flexibility index (Phi) is 5.17. The molecule has 0 saturated carbocycles. The number of aliphatic carboxylic acids is 1. The topological polar surface area (TPSA) is 85.5 Å². The van der Waals surface area contributed by atoms with E-state index < -0.39 is 5.97 Å². The van der Waals surface area contributed by atoms with Crippen LogP contribution in [0.25, 0.3) is 11.3 Å². The van der Waals surface area contributed by atoms with Crippen molar-refractivity contribution in [2.75, 3.05) is 7.11 Å². The molecule has 3 aromatic rings. The van der Waals surface area contributed by atoms with E-state index in [4.69, 9.17) is 14.4 Å². The lowest BCUT2D eigenvalue weighted by Crippen LogP contribution is -1.99. The van der Waals surface area contributed by atoms with Crippen LogP contribution in [0.15, 0.2) is 44.6 Å². The number of carboxylic acid groups (broad SMARTS) is 1. The van der Waals surface area contributed by atoms with Crippen molar-refractivity contribution in [3.05, 3.63) is 47.2 Å². The fourth-order valence-corrected chi connectivity index (χ4v) is 3.72. The highest BCUT2D eigenvalue weighted by Crippen LogP contribution is 2.28. The SMILES string of the molecule is COc1ccc(-c2cc(CSc3nc(CC(=O)O)cs3)on2)cc1. The van der Waals surface area contributed by atoms with Gasteiger partial charge in [-0.05, 0) is 24.3 Å². The molecule has 2 heterocycles. The summed E-state index contributed by atoms with van der Waals surface area (Å²) in [4.78, 5) is 14.9. The van der Waals surface area contributed by atoms with Gasteiger partial charge in [-0.15, -0.1) is 11.3 Å². The molecule has 0 bridgehead atoms. The van der Waals surface area contributed by atoms with Gasteiger partial charge in [0.15, 0.2) is 4.34 Å². The third-order valence-corrected chi connectivity index (χ3v) is 5.24. The number of methoxy groups -OCH3 is 1. The molecule has 0 radical (unpaired) electrons. The summed E-state index contributed by atoms with van der Waals surface area (Å²) in [5.41, 5.74) is 2.29. The summed E-state index contributed by atoms with van der Waals surface area (Å²) in [5, 5.41) is 14.6. The van der Waals surface area contributed by atoms with Crippen molar-refractivity contribution in [2.45, 2.75) is 16.5 Å². The first kappa shape index (κ1) is 16.5. The molecular formula is C16H14N2O4S2. The maximum absolute atomic E-state index is 10.7. The standard InChI is InChI=1S/C16H14N2O4S2/c1-21-12-4-2-10(3-5-12)14-7-13(22-18-14)9-24-16-17-11(8-23-16)6-15(19)20/h2-5,7-8H,6,9H2,1H3,(H,19,20). The number of aromatic nitrogens is 2. The van der Waals surface area contributed by atoms with Gasteiger partial charge in [-0.1, -0.05) is 16.9 Å². The fourth-order valence-electron chi connectivity index (χ4n) is 2.00. The van der Waals surface area contributed by atoms with Gasteiger partial charge in [0.05, 0.1) is 25.0 Å². The number of thioether (sulfide) groups is 1. The molecule has 0 unspecified atom stereocenters. The Labute approximate surface area is 146 Å². The molecule has 0 saturated heterocycles. The number of rotatable bonds is 7. The summed E-state index contributed by atoms with van der Waals surface area (Å²) in [6, 6.07) is 9.48. The van der Waals surface area contributed by atoms with Crippen molar-refractivity contribution < 1.29 is 19.2 Å². The molecule has 0 aliphatic rings. The largest absolute Gasteiger partial charge is 0.497 e. The zero-order valence-corrected chi connectivity index (χ0v) is 14.4. The van der Waals surface area contributed by atoms with E-state index in [-0.39, 0.29) is 6.42 Å². The van der Waals surface area contributed by atoms with E-state index >= 15 is 0 Å². The Bertz CT molecular complexity index is 827. The van der Waals surface area contributed by atoms with Gasteiger partial charge in [0.2, 0.25) is 0 Å². The van der Waals surface area contributed by atoms with Crippen LogP contribution in [0.5, 0.6) is 5.75 Å². The second-order valence-electron chi connectivity index (χ2n) is 4.87. The number of ether oxygens (including phenoxy) is 1. The Morgan fingerprint density at radius 1 is 1.38 bits per heavy atom. The van der Waals surface area contributed by atoms with Crippen LogP contribution >= 0.6 is 23.1 Å². The van der Waals surface area contributed by atoms with Crippen molar-refractivity contribution in [3.63, 3.8) is 0 Å². The van der Waals surface area contributed by atoms with Crippen molar-refractivity contribution in [1.82, 2.24) is 10.1 Å². The smallest absolute Gasteiger partial charge is 0.309 e. The van der Waals surface area contributed by atoms with E-state index in [1.54, 1.807) is 12.5 Å². The van der Waals surface area contributed by atoms with Crippen molar-refractivity contribution in [3.8, 4) is 17.0 Å². The van der Waals surface area contributed by atoms with Crippen LogP contribution in [-0.2, 0) is 17.0 Å². The molecule has 0 spiro atoms. The number of hydrogen-bond acceptors (Lipinski definition) is 7. The minimum atomic E-state index is -0.879. The fraction of sp³-hybridized carbons (Fsp3) is 0.188. The maximum Gasteiger partial charge on any atom is 0.309 e. The minimum Gasteiger partial charge on any atom is -0.497 e. The van der Waals surface area contributed by atoms with Crippen LogP contribution in [0, 0.1) is 0 Å². The number of carboxylic acids is 1. The highest BCUT2D eigenvalue weighted by molar-refractivity contribution is 8.00. The average Bonchev–Trinajstić information content (AvgIpc) is 3.22. The lowest BCUT2D eigenvalue weighted by molar-refractivity contribution is -0.136. The number of carbonyl (C=O) groups is 1. The quantitative estimate of drug-likeness (QED) is 0.641. The molecule has 2 aromatic heterocycles. The van der Waals surface area contributed by atoms with E-state index in [0.29, 0.717) is 11.4 Å². The average molecular weight is 362 g/mol.